The maximum absolute atomic E-state index is 13.9. The number of nitrogens with zero attached hydrogens (tertiary/aromatic N) is 2. The Balaban J connectivity index is 2.26. The van der Waals surface area contributed by atoms with Gasteiger partial charge >= 0.3 is 0 Å². The van der Waals surface area contributed by atoms with E-state index in [0.29, 0.717) is 18.1 Å². The maximum atomic E-state index is 13.9. The maximum Gasteiger partial charge on any atom is 0.146 e. The number of benzene rings is 1. The molecular formula is C14H14ClFN2. The summed E-state index contributed by atoms with van der Waals surface area (Å²) in [6.45, 7) is 0.596. The number of anilines is 1. The zero-order valence-corrected chi connectivity index (χ0v) is 10.9. The van der Waals surface area contributed by atoms with Crippen molar-refractivity contribution >= 4 is 17.3 Å². The lowest BCUT2D eigenvalue weighted by molar-refractivity contribution is 0.620. The fourth-order valence-corrected chi connectivity index (χ4v) is 2.16. The zero-order valence-electron chi connectivity index (χ0n) is 10.1. The van der Waals surface area contributed by atoms with Crippen LogP contribution in [0.2, 0.25) is 0 Å². The van der Waals surface area contributed by atoms with Crippen LogP contribution < -0.4 is 4.90 Å². The quantitative estimate of drug-likeness (QED) is 0.785. The summed E-state index contributed by atoms with van der Waals surface area (Å²) < 4.78 is 13.9. The molecule has 0 amide bonds. The van der Waals surface area contributed by atoms with Gasteiger partial charge in [-0.1, -0.05) is 18.2 Å². The monoisotopic (exact) mass is 264 g/mol. The highest BCUT2D eigenvalue weighted by molar-refractivity contribution is 6.17. The molecule has 4 heteroatoms. The fraction of sp³-hybridized carbons (Fsp3) is 0.214. The number of hydrogen-bond acceptors (Lipinski definition) is 2. The second-order valence-corrected chi connectivity index (χ2v) is 4.37. The third kappa shape index (κ3) is 2.79. The average molecular weight is 265 g/mol. The van der Waals surface area contributed by atoms with Gasteiger partial charge in [0.05, 0.1) is 5.69 Å². The van der Waals surface area contributed by atoms with Gasteiger partial charge in [-0.15, -0.1) is 11.6 Å². The van der Waals surface area contributed by atoms with Gasteiger partial charge in [0.15, 0.2) is 0 Å². The number of halogens is 2. The van der Waals surface area contributed by atoms with E-state index in [0.717, 1.165) is 11.1 Å². The lowest BCUT2D eigenvalue weighted by Crippen LogP contribution is -2.19. The normalized spacial score (nSPS) is 10.4. The molecule has 0 aliphatic heterocycles. The number of para-hydroxylation sites is 1. The van der Waals surface area contributed by atoms with Crippen LogP contribution in [-0.2, 0) is 12.4 Å². The molecule has 2 rings (SSSR count). The van der Waals surface area contributed by atoms with Gasteiger partial charge < -0.3 is 4.90 Å². The summed E-state index contributed by atoms with van der Waals surface area (Å²) in [5.41, 5.74) is 2.38. The Labute approximate surface area is 111 Å². The molecule has 0 radical (unpaired) electrons. The largest absolute Gasteiger partial charge is 0.368 e. The SMILES string of the molecule is CN(Cc1cccnc1)c1c(F)cccc1CCl. The molecule has 2 aromatic rings. The highest BCUT2D eigenvalue weighted by Gasteiger charge is 2.12. The van der Waals surface area contributed by atoms with Crippen molar-refractivity contribution in [2.24, 2.45) is 0 Å². The second-order valence-electron chi connectivity index (χ2n) is 4.10. The first-order valence-corrected chi connectivity index (χ1v) is 6.19. The van der Waals surface area contributed by atoms with Crippen molar-refractivity contribution in [3.63, 3.8) is 0 Å². The summed E-state index contributed by atoms with van der Waals surface area (Å²) in [4.78, 5) is 5.90. The van der Waals surface area contributed by atoms with Crippen molar-refractivity contribution in [1.29, 1.82) is 0 Å². The van der Waals surface area contributed by atoms with Crippen molar-refractivity contribution in [3.8, 4) is 0 Å². The minimum Gasteiger partial charge on any atom is -0.368 e. The van der Waals surface area contributed by atoms with Crippen molar-refractivity contribution in [2.45, 2.75) is 12.4 Å². The molecule has 1 aromatic heterocycles. The van der Waals surface area contributed by atoms with E-state index in [2.05, 4.69) is 4.98 Å². The van der Waals surface area contributed by atoms with Gasteiger partial charge in [0.25, 0.3) is 0 Å². The van der Waals surface area contributed by atoms with E-state index in [9.17, 15) is 4.39 Å². The van der Waals surface area contributed by atoms with Gasteiger partial charge in [-0.25, -0.2) is 4.39 Å². The minimum absolute atomic E-state index is 0.250. The molecule has 1 heterocycles. The first-order valence-electron chi connectivity index (χ1n) is 5.65. The van der Waals surface area contributed by atoms with E-state index in [1.807, 2.05) is 30.1 Å². The van der Waals surface area contributed by atoms with Crippen LogP contribution >= 0.6 is 11.6 Å². The summed E-state index contributed by atoms with van der Waals surface area (Å²) in [5.74, 6) is 0.0457. The van der Waals surface area contributed by atoms with E-state index >= 15 is 0 Å². The standard InChI is InChI=1S/C14H14ClFN2/c1-18(10-11-4-3-7-17-9-11)14-12(8-15)5-2-6-13(14)16/h2-7,9H,8,10H2,1H3. The zero-order chi connectivity index (χ0) is 13.0. The topological polar surface area (TPSA) is 16.1 Å². The molecule has 0 unspecified atom stereocenters. The summed E-state index contributed by atoms with van der Waals surface area (Å²) in [6, 6.07) is 8.79. The Morgan fingerprint density at radius 2 is 2.11 bits per heavy atom. The Hall–Kier alpha value is -1.61. The number of hydrogen-bond donors (Lipinski definition) is 0. The van der Waals surface area contributed by atoms with Gasteiger partial charge in [-0.05, 0) is 23.3 Å². The van der Waals surface area contributed by atoms with Gasteiger partial charge in [-0.3, -0.25) is 4.98 Å². The molecule has 18 heavy (non-hydrogen) atoms. The predicted octanol–water partition coefficient (Wildman–Crippen LogP) is 3.60. The lowest BCUT2D eigenvalue weighted by Gasteiger charge is -2.22. The molecule has 2 nitrogen and oxygen atoms in total. The minimum atomic E-state index is -0.250. The molecule has 0 saturated carbocycles. The van der Waals surface area contributed by atoms with Gasteiger partial charge in [0.2, 0.25) is 0 Å². The Bertz CT molecular complexity index is 516. The van der Waals surface area contributed by atoms with Gasteiger partial charge in [-0.2, -0.15) is 0 Å². The van der Waals surface area contributed by atoms with Crippen LogP contribution in [0.3, 0.4) is 0 Å². The molecule has 94 valence electrons. The highest BCUT2D eigenvalue weighted by atomic mass is 35.5. The van der Waals surface area contributed by atoms with Crippen molar-refractivity contribution in [3.05, 3.63) is 59.7 Å². The Morgan fingerprint density at radius 3 is 2.78 bits per heavy atom. The van der Waals surface area contributed by atoms with E-state index in [1.54, 1.807) is 18.5 Å². The van der Waals surface area contributed by atoms with Crippen LogP contribution in [0.5, 0.6) is 0 Å². The molecule has 0 aliphatic carbocycles. The van der Waals surface area contributed by atoms with Crippen molar-refractivity contribution < 1.29 is 4.39 Å². The second kappa shape index (κ2) is 5.83. The molecule has 0 atom stereocenters. The molecule has 0 saturated heterocycles. The van der Waals surface area contributed by atoms with E-state index in [1.165, 1.54) is 6.07 Å². The van der Waals surface area contributed by atoms with Crippen LogP contribution in [0.1, 0.15) is 11.1 Å². The number of rotatable bonds is 4. The molecular weight excluding hydrogens is 251 g/mol. The van der Waals surface area contributed by atoms with Gasteiger partial charge in [0.1, 0.15) is 5.82 Å². The van der Waals surface area contributed by atoms with E-state index in [-0.39, 0.29) is 5.82 Å². The number of aromatic nitrogens is 1. The number of pyridine rings is 1. The van der Waals surface area contributed by atoms with Crippen LogP contribution in [0.15, 0.2) is 42.7 Å². The lowest BCUT2D eigenvalue weighted by atomic mass is 10.1. The van der Waals surface area contributed by atoms with Crippen LogP contribution in [0.4, 0.5) is 10.1 Å². The predicted molar refractivity (Wildman–Crippen MR) is 72.3 cm³/mol. The molecule has 0 fully saturated rings. The first-order chi connectivity index (χ1) is 8.72. The Morgan fingerprint density at radius 1 is 1.28 bits per heavy atom. The number of alkyl halides is 1. The third-order valence-electron chi connectivity index (χ3n) is 2.74. The van der Waals surface area contributed by atoms with Crippen LogP contribution in [-0.4, -0.2) is 12.0 Å². The van der Waals surface area contributed by atoms with Crippen molar-refractivity contribution in [1.82, 2.24) is 4.98 Å². The average Bonchev–Trinajstić information content (AvgIpc) is 2.39. The summed E-state index contributed by atoms with van der Waals surface area (Å²) in [5, 5.41) is 0. The third-order valence-corrected chi connectivity index (χ3v) is 3.03. The highest BCUT2D eigenvalue weighted by Crippen LogP contribution is 2.26. The molecule has 0 spiro atoms. The first kappa shape index (κ1) is 12.8. The van der Waals surface area contributed by atoms with Crippen LogP contribution in [0.25, 0.3) is 0 Å². The van der Waals surface area contributed by atoms with E-state index in [4.69, 9.17) is 11.6 Å². The van der Waals surface area contributed by atoms with Crippen LogP contribution in [0, 0.1) is 5.82 Å². The molecule has 0 bridgehead atoms. The smallest absolute Gasteiger partial charge is 0.146 e. The summed E-state index contributed by atoms with van der Waals surface area (Å²) in [6.07, 6.45) is 3.49. The summed E-state index contributed by atoms with van der Waals surface area (Å²) >= 11 is 5.85. The van der Waals surface area contributed by atoms with Gasteiger partial charge in [0, 0.05) is 31.9 Å². The molecule has 0 N–H and O–H groups in total. The van der Waals surface area contributed by atoms with E-state index < -0.39 is 0 Å². The van der Waals surface area contributed by atoms with Crippen molar-refractivity contribution in [2.75, 3.05) is 11.9 Å². The molecule has 0 aliphatic rings. The fourth-order valence-electron chi connectivity index (χ4n) is 1.94. The summed E-state index contributed by atoms with van der Waals surface area (Å²) in [7, 11) is 1.85. The molecule has 1 aromatic carbocycles. The Kier molecular flexibility index (Phi) is 4.15.